The average molecular weight is 242 g/mol. The number of hydrogen-bond donors (Lipinski definition) is 0. The van der Waals surface area contributed by atoms with Gasteiger partial charge in [0.05, 0.1) is 12.5 Å². The van der Waals surface area contributed by atoms with E-state index in [1.807, 2.05) is 24.5 Å². The summed E-state index contributed by atoms with van der Waals surface area (Å²) >= 11 is 5.12. The van der Waals surface area contributed by atoms with Gasteiger partial charge in [0, 0.05) is 9.37 Å². The van der Waals surface area contributed by atoms with Gasteiger partial charge in [0.15, 0.2) is 0 Å². The number of nitrogens with zero attached hydrogens (tertiary/aromatic N) is 1. The minimum absolute atomic E-state index is 0.468. The van der Waals surface area contributed by atoms with Gasteiger partial charge >= 0.3 is 0 Å². The first kappa shape index (κ1) is 9.63. The highest BCUT2D eigenvalue weighted by molar-refractivity contribution is 9.10. The molecule has 12 heavy (non-hydrogen) atoms. The fourth-order valence-electron chi connectivity index (χ4n) is 0.884. The maximum Gasteiger partial charge on any atom is 0.0670 e. The van der Waals surface area contributed by atoms with Crippen LogP contribution < -0.4 is 0 Å². The topological polar surface area (TPSA) is 23.8 Å². The molecule has 1 aromatic carbocycles. The Hall–Kier alpha value is -0.460. The van der Waals surface area contributed by atoms with E-state index < -0.39 is 0 Å². The van der Waals surface area contributed by atoms with Gasteiger partial charge in [-0.3, -0.25) is 0 Å². The van der Waals surface area contributed by atoms with Gasteiger partial charge in [-0.2, -0.15) is 5.26 Å². The van der Waals surface area contributed by atoms with Crippen LogP contribution in [-0.2, 0) is 6.42 Å². The molecule has 1 aromatic rings. The Morgan fingerprint density at radius 1 is 1.58 bits per heavy atom. The van der Waals surface area contributed by atoms with Gasteiger partial charge in [0.1, 0.15) is 0 Å². The van der Waals surface area contributed by atoms with Crippen LogP contribution in [0.15, 0.2) is 27.6 Å². The summed E-state index contributed by atoms with van der Waals surface area (Å²) in [5, 5.41) is 8.49. The summed E-state index contributed by atoms with van der Waals surface area (Å²) in [6.45, 7) is 0. The molecule has 0 N–H and O–H groups in total. The van der Waals surface area contributed by atoms with E-state index in [-0.39, 0.29) is 0 Å². The molecule has 0 amide bonds. The maximum absolute atomic E-state index is 8.49. The molecule has 0 fully saturated rings. The smallest absolute Gasteiger partial charge is 0.0670 e. The van der Waals surface area contributed by atoms with Crippen molar-refractivity contribution in [3.8, 4) is 6.07 Å². The third-order valence-corrected chi connectivity index (χ3v) is 2.99. The van der Waals surface area contributed by atoms with Crippen LogP contribution in [0.25, 0.3) is 0 Å². The predicted molar refractivity (Wildman–Crippen MR) is 55.2 cm³/mol. The molecule has 0 aliphatic carbocycles. The fraction of sp³-hybridized carbons (Fsp3) is 0.222. The Labute approximate surface area is 84.9 Å². The summed E-state index contributed by atoms with van der Waals surface area (Å²) in [6, 6.07) is 8.18. The molecule has 3 heteroatoms. The van der Waals surface area contributed by atoms with Gasteiger partial charge in [0.2, 0.25) is 0 Å². The lowest BCUT2D eigenvalue weighted by Gasteiger charge is -2.01. The highest BCUT2D eigenvalue weighted by atomic mass is 79.9. The van der Waals surface area contributed by atoms with Crippen LogP contribution >= 0.6 is 27.7 Å². The van der Waals surface area contributed by atoms with Crippen LogP contribution in [0.5, 0.6) is 0 Å². The van der Waals surface area contributed by atoms with Crippen molar-refractivity contribution in [1.29, 1.82) is 5.26 Å². The van der Waals surface area contributed by atoms with Crippen molar-refractivity contribution in [3.63, 3.8) is 0 Å². The van der Waals surface area contributed by atoms with E-state index in [0.717, 1.165) is 10.0 Å². The summed E-state index contributed by atoms with van der Waals surface area (Å²) in [6.07, 6.45) is 2.50. The lowest BCUT2D eigenvalue weighted by molar-refractivity contribution is 1.22. The largest absolute Gasteiger partial charge is 0.198 e. The van der Waals surface area contributed by atoms with E-state index >= 15 is 0 Å². The molecular weight excluding hydrogens is 234 g/mol. The predicted octanol–water partition coefficient (Wildman–Crippen LogP) is 3.24. The number of rotatable bonds is 2. The molecule has 1 nitrogen and oxygen atoms in total. The molecule has 0 heterocycles. The fourth-order valence-corrected chi connectivity index (χ4v) is 1.99. The van der Waals surface area contributed by atoms with Crippen molar-refractivity contribution in [3.05, 3.63) is 28.2 Å². The number of thioether (sulfide) groups is 1. The molecule has 0 unspecified atom stereocenters. The third-order valence-electron chi connectivity index (χ3n) is 1.53. The Morgan fingerprint density at radius 3 is 2.83 bits per heavy atom. The summed E-state index contributed by atoms with van der Waals surface area (Å²) in [5.41, 5.74) is 1.05. The molecule has 0 aliphatic rings. The molecule has 0 aliphatic heterocycles. The number of halogens is 1. The molecule has 0 saturated heterocycles. The molecule has 0 bridgehead atoms. The maximum atomic E-state index is 8.49. The lowest BCUT2D eigenvalue weighted by atomic mass is 10.2. The van der Waals surface area contributed by atoms with E-state index in [1.54, 1.807) is 11.8 Å². The number of nitriles is 1. The van der Waals surface area contributed by atoms with Crippen LogP contribution in [0.2, 0.25) is 0 Å². The molecular formula is C9H8BrNS. The number of benzene rings is 1. The van der Waals surface area contributed by atoms with Crippen LogP contribution in [0.3, 0.4) is 0 Å². The number of hydrogen-bond acceptors (Lipinski definition) is 2. The zero-order chi connectivity index (χ0) is 8.97. The standard InChI is InChI=1S/C9H8BrNS/c1-12-8-3-2-7(4-5-11)9(10)6-8/h2-3,6H,4H2,1H3. The van der Waals surface area contributed by atoms with Gasteiger partial charge in [0.25, 0.3) is 0 Å². The summed E-state index contributed by atoms with van der Waals surface area (Å²) in [4.78, 5) is 1.21. The van der Waals surface area contributed by atoms with Crippen LogP contribution in [-0.4, -0.2) is 6.26 Å². The molecule has 0 aromatic heterocycles. The first-order valence-electron chi connectivity index (χ1n) is 3.47. The van der Waals surface area contributed by atoms with Gasteiger partial charge in [-0.05, 0) is 24.0 Å². The first-order valence-corrected chi connectivity index (χ1v) is 5.49. The van der Waals surface area contributed by atoms with Gasteiger partial charge < -0.3 is 0 Å². The van der Waals surface area contributed by atoms with Crippen molar-refractivity contribution < 1.29 is 0 Å². The highest BCUT2D eigenvalue weighted by Crippen LogP contribution is 2.23. The summed E-state index contributed by atoms with van der Waals surface area (Å²) in [5.74, 6) is 0. The second-order valence-corrected chi connectivity index (χ2v) is 4.03. The van der Waals surface area contributed by atoms with E-state index in [1.165, 1.54) is 4.90 Å². The summed E-state index contributed by atoms with van der Waals surface area (Å²) in [7, 11) is 0. The van der Waals surface area contributed by atoms with Gasteiger partial charge in [-0.15, -0.1) is 11.8 Å². The van der Waals surface area contributed by atoms with E-state index in [9.17, 15) is 0 Å². The monoisotopic (exact) mass is 241 g/mol. The minimum atomic E-state index is 0.468. The molecule has 0 radical (unpaired) electrons. The first-order chi connectivity index (χ1) is 5.77. The van der Waals surface area contributed by atoms with E-state index in [0.29, 0.717) is 6.42 Å². The molecule has 0 saturated carbocycles. The molecule has 0 spiro atoms. The quantitative estimate of drug-likeness (QED) is 0.743. The van der Waals surface area contributed by atoms with Gasteiger partial charge in [-0.25, -0.2) is 0 Å². The zero-order valence-corrected chi connectivity index (χ0v) is 9.08. The Kier molecular flexibility index (Phi) is 3.64. The SMILES string of the molecule is CSc1ccc(CC#N)c(Br)c1. The van der Waals surface area contributed by atoms with Crippen molar-refractivity contribution in [2.45, 2.75) is 11.3 Å². The van der Waals surface area contributed by atoms with Crippen molar-refractivity contribution >= 4 is 27.7 Å². The van der Waals surface area contributed by atoms with Crippen molar-refractivity contribution in [1.82, 2.24) is 0 Å². The second kappa shape index (κ2) is 4.54. The van der Waals surface area contributed by atoms with Crippen molar-refractivity contribution in [2.75, 3.05) is 6.26 Å². The Morgan fingerprint density at radius 2 is 2.33 bits per heavy atom. The second-order valence-electron chi connectivity index (χ2n) is 2.29. The third kappa shape index (κ3) is 2.26. The van der Waals surface area contributed by atoms with Gasteiger partial charge in [-0.1, -0.05) is 22.0 Å². The molecule has 62 valence electrons. The molecule has 0 atom stereocenters. The minimum Gasteiger partial charge on any atom is -0.198 e. The normalized spacial score (nSPS) is 9.42. The Balaban J connectivity index is 2.97. The van der Waals surface area contributed by atoms with Crippen LogP contribution in [0.4, 0.5) is 0 Å². The van der Waals surface area contributed by atoms with Crippen LogP contribution in [0.1, 0.15) is 5.56 Å². The van der Waals surface area contributed by atoms with Crippen molar-refractivity contribution in [2.24, 2.45) is 0 Å². The summed E-state index contributed by atoms with van der Waals surface area (Å²) < 4.78 is 1.02. The lowest BCUT2D eigenvalue weighted by Crippen LogP contribution is -1.83. The zero-order valence-electron chi connectivity index (χ0n) is 6.67. The van der Waals surface area contributed by atoms with E-state index in [2.05, 4.69) is 22.0 Å². The highest BCUT2D eigenvalue weighted by Gasteiger charge is 1.99. The molecule has 1 rings (SSSR count). The average Bonchev–Trinajstić information content (AvgIpc) is 2.09. The van der Waals surface area contributed by atoms with Crippen LogP contribution in [0, 0.1) is 11.3 Å². The Bertz CT molecular complexity index is 317. The van der Waals surface area contributed by atoms with E-state index in [4.69, 9.17) is 5.26 Å².